The number of non-ortho nitro benzene ring substituents is 1. The summed E-state index contributed by atoms with van der Waals surface area (Å²) in [5, 5.41) is 26.5. The van der Waals surface area contributed by atoms with Gasteiger partial charge in [-0.1, -0.05) is 35.9 Å². The third kappa shape index (κ3) is 5.57. The molecule has 0 spiro atoms. The third-order valence-electron chi connectivity index (χ3n) is 4.40. The van der Waals surface area contributed by atoms with Crippen molar-refractivity contribution in [1.82, 2.24) is 0 Å². The molecular formula is C22H20N4O6. The molecule has 0 aliphatic rings. The molecule has 0 aliphatic carbocycles. The molecule has 10 nitrogen and oxygen atoms in total. The van der Waals surface area contributed by atoms with Crippen LogP contribution in [0, 0.1) is 27.2 Å². The summed E-state index contributed by atoms with van der Waals surface area (Å²) in [6.07, 6.45) is 1.35. The molecule has 0 saturated heterocycles. The molecule has 0 saturated carbocycles. The van der Waals surface area contributed by atoms with Gasteiger partial charge in [-0.25, -0.2) is 0 Å². The first-order valence-corrected chi connectivity index (χ1v) is 9.45. The highest BCUT2D eigenvalue weighted by Gasteiger charge is 2.22. The number of ether oxygens (including phenoxy) is 2. The Labute approximate surface area is 183 Å². The van der Waals surface area contributed by atoms with E-state index in [0.29, 0.717) is 11.3 Å². The van der Waals surface area contributed by atoms with Crippen molar-refractivity contribution in [3.63, 3.8) is 0 Å². The summed E-state index contributed by atoms with van der Waals surface area (Å²) in [4.78, 5) is 21.4. The lowest BCUT2D eigenvalue weighted by atomic mass is 10.1. The zero-order chi connectivity index (χ0) is 23.1. The van der Waals surface area contributed by atoms with Gasteiger partial charge < -0.3 is 9.47 Å². The van der Waals surface area contributed by atoms with Crippen LogP contribution in [0.1, 0.15) is 16.7 Å². The number of aryl methyl sites for hydroxylation is 1. The van der Waals surface area contributed by atoms with Crippen LogP contribution in [-0.2, 0) is 6.61 Å². The van der Waals surface area contributed by atoms with Gasteiger partial charge in [0, 0.05) is 23.8 Å². The van der Waals surface area contributed by atoms with Gasteiger partial charge in [-0.2, -0.15) is 5.10 Å². The summed E-state index contributed by atoms with van der Waals surface area (Å²) in [5.74, 6) is 0.200. The maximum absolute atomic E-state index is 11.7. The van der Waals surface area contributed by atoms with E-state index in [1.54, 1.807) is 12.1 Å². The molecule has 0 unspecified atom stereocenters. The molecule has 3 aromatic rings. The zero-order valence-corrected chi connectivity index (χ0v) is 17.3. The highest BCUT2D eigenvalue weighted by atomic mass is 16.6. The lowest BCUT2D eigenvalue weighted by molar-refractivity contribution is -0.386. The minimum atomic E-state index is -0.556. The third-order valence-corrected chi connectivity index (χ3v) is 4.40. The average Bonchev–Trinajstić information content (AvgIpc) is 2.77. The summed E-state index contributed by atoms with van der Waals surface area (Å²) in [6.45, 7) is 2.09. The highest BCUT2D eigenvalue weighted by molar-refractivity contribution is 5.83. The number of rotatable bonds is 9. The Hall–Kier alpha value is -4.47. The predicted molar refractivity (Wildman–Crippen MR) is 119 cm³/mol. The van der Waals surface area contributed by atoms with Crippen molar-refractivity contribution in [1.29, 1.82) is 0 Å². The smallest absolute Gasteiger partial charge is 0.315 e. The van der Waals surface area contributed by atoms with Gasteiger partial charge in [0.2, 0.25) is 5.75 Å². The number of methoxy groups -OCH3 is 1. The normalized spacial score (nSPS) is 10.7. The summed E-state index contributed by atoms with van der Waals surface area (Å²) >= 11 is 0. The fourth-order valence-electron chi connectivity index (χ4n) is 2.94. The number of hydrazone groups is 1. The molecule has 0 aliphatic heterocycles. The van der Waals surface area contributed by atoms with E-state index in [-0.39, 0.29) is 29.5 Å². The van der Waals surface area contributed by atoms with Crippen molar-refractivity contribution >= 4 is 23.3 Å². The van der Waals surface area contributed by atoms with Gasteiger partial charge in [-0.3, -0.25) is 25.7 Å². The summed E-state index contributed by atoms with van der Waals surface area (Å²) < 4.78 is 11.0. The minimum Gasteiger partial charge on any atom is -0.493 e. The largest absolute Gasteiger partial charge is 0.493 e. The number of hydrogen-bond acceptors (Lipinski definition) is 8. The van der Waals surface area contributed by atoms with Gasteiger partial charge >= 0.3 is 5.69 Å². The van der Waals surface area contributed by atoms with Crippen molar-refractivity contribution in [3.05, 3.63) is 97.6 Å². The second-order valence-corrected chi connectivity index (χ2v) is 6.78. The monoisotopic (exact) mass is 436 g/mol. The van der Waals surface area contributed by atoms with E-state index >= 15 is 0 Å². The van der Waals surface area contributed by atoms with E-state index < -0.39 is 9.85 Å². The van der Waals surface area contributed by atoms with E-state index in [2.05, 4.69) is 10.5 Å². The van der Waals surface area contributed by atoms with Gasteiger partial charge in [0.05, 0.1) is 28.9 Å². The van der Waals surface area contributed by atoms with Crippen LogP contribution in [0.2, 0.25) is 0 Å². The molecule has 0 amide bonds. The summed E-state index contributed by atoms with van der Waals surface area (Å²) in [5.41, 5.74) is 5.01. The Bertz CT molecular complexity index is 1180. The molecule has 0 atom stereocenters. The molecule has 0 fully saturated rings. The van der Waals surface area contributed by atoms with Crippen LogP contribution in [0.3, 0.4) is 0 Å². The van der Waals surface area contributed by atoms with E-state index in [0.717, 1.165) is 11.1 Å². The Balaban J connectivity index is 1.82. The van der Waals surface area contributed by atoms with Crippen molar-refractivity contribution in [2.24, 2.45) is 5.10 Å². The molecule has 1 N–H and O–H groups in total. The molecule has 3 rings (SSSR count). The summed E-state index contributed by atoms with van der Waals surface area (Å²) in [6, 6.07) is 16.3. The number of nitrogens with one attached hydrogen (secondary N) is 1. The number of anilines is 1. The van der Waals surface area contributed by atoms with Crippen LogP contribution in [-0.4, -0.2) is 23.2 Å². The first-order chi connectivity index (χ1) is 15.4. The van der Waals surface area contributed by atoms with Crippen molar-refractivity contribution < 1.29 is 19.3 Å². The van der Waals surface area contributed by atoms with Gasteiger partial charge in [0.15, 0.2) is 5.75 Å². The molecular weight excluding hydrogens is 416 g/mol. The molecule has 0 aromatic heterocycles. The SMILES string of the molecule is COc1cc(C=NNc2cccc([N+](=O)[O-])c2)cc([N+](=O)[O-])c1OCc1cccc(C)c1. The van der Waals surface area contributed by atoms with Crippen molar-refractivity contribution in [3.8, 4) is 11.5 Å². The van der Waals surface area contributed by atoms with Crippen LogP contribution in [0.4, 0.5) is 17.1 Å². The van der Waals surface area contributed by atoms with Crippen LogP contribution in [0.5, 0.6) is 11.5 Å². The van der Waals surface area contributed by atoms with Gasteiger partial charge in [-0.05, 0) is 24.6 Å². The van der Waals surface area contributed by atoms with Crippen LogP contribution < -0.4 is 14.9 Å². The zero-order valence-electron chi connectivity index (χ0n) is 17.3. The second-order valence-electron chi connectivity index (χ2n) is 6.78. The topological polar surface area (TPSA) is 129 Å². The molecule has 0 radical (unpaired) electrons. The fraction of sp³-hybridized carbons (Fsp3) is 0.136. The molecule has 0 heterocycles. The van der Waals surface area contributed by atoms with Crippen molar-refractivity contribution in [2.75, 3.05) is 12.5 Å². The lowest BCUT2D eigenvalue weighted by Crippen LogP contribution is -2.03. The van der Waals surface area contributed by atoms with E-state index in [4.69, 9.17) is 9.47 Å². The van der Waals surface area contributed by atoms with Gasteiger partial charge in [-0.15, -0.1) is 0 Å². The molecule has 32 heavy (non-hydrogen) atoms. The second kappa shape index (κ2) is 10.0. The number of benzene rings is 3. The molecule has 3 aromatic carbocycles. The average molecular weight is 436 g/mol. The van der Waals surface area contributed by atoms with Gasteiger partial charge in [0.1, 0.15) is 6.61 Å². The van der Waals surface area contributed by atoms with E-state index in [1.165, 1.54) is 37.6 Å². The Morgan fingerprint density at radius 1 is 1.03 bits per heavy atom. The van der Waals surface area contributed by atoms with E-state index in [9.17, 15) is 20.2 Å². The Morgan fingerprint density at radius 2 is 1.81 bits per heavy atom. The van der Waals surface area contributed by atoms with Crippen molar-refractivity contribution in [2.45, 2.75) is 13.5 Å². The predicted octanol–water partition coefficient (Wildman–Crippen LogP) is 4.85. The Morgan fingerprint density at radius 3 is 2.50 bits per heavy atom. The number of nitrogens with zero attached hydrogens (tertiary/aromatic N) is 3. The quantitative estimate of drug-likeness (QED) is 0.288. The minimum absolute atomic E-state index is 0.0165. The molecule has 0 bridgehead atoms. The number of nitro groups is 2. The molecule has 10 heteroatoms. The molecule has 164 valence electrons. The lowest BCUT2D eigenvalue weighted by Gasteiger charge is -2.12. The number of nitro benzene ring substituents is 2. The Kier molecular flexibility index (Phi) is 6.96. The first kappa shape index (κ1) is 22.2. The maximum atomic E-state index is 11.7. The van der Waals surface area contributed by atoms with Crippen LogP contribution in [0.15, 0.2) is 65.8 Å². The van der Waals surface area contributed by atoms with Crippen LogP contribution in [0.25, 0.3) is 0 Å². The van der Waals surface area contributed by atoms with Gasteiger partial charge in [0.25, 0.3) is 5.69 Å². The standard InChI is InChI=1S/C22H20N4O6/c1-15-5-3-6-16(9-15)14-32-22-20(26(29)30)10-17(11-21(22)31-2)13-23-24-18-7-4-8-19(12-18)25(27)28/h3-13,24H,14H2,1-2H3. The van der Waals surface area contributed by atoms with E-state index in [1.807, 2.05) is 31.2 Å². The highest BCUT2D eigenvalue weighted by Crippen LogP contribution is 2.38. The van der Waals surface area contributed by atoms with Crippen LogP contribution >= 0.6 is 0 Å². The maximum Gasteiger partial charge on any atom is 0.315 e. The summed E-state index contributed by atoms with van der Waals surface area (Å²) in [7, 11) is 1.39. The first-order valence-electron chi connectivity index (χ1n) is 9.45. The fourth-order valence-corrected chi connectivity index (χ4v) is 2.94. The number of hydrogen-bond donors (Lipinski definition) is 1.